The highest BCUT2D eigenvalue weighted by Crippen LogP contribution is 2.25. The Bertz CT molecular complexity index is 1370. The van der Waals surface area contributed by atoms with Crippen molar-refractivity contribution in [2.75, 3.05) is 18.0 Å². The minimum absolute atomic E-state index is 0.579. The monoisotopic (exact) mass is 439 g/mol. The zero-order valence-electron chi connectivity index (χ0n) is 18.3. The van der Waals surface area contributed by atoms with Crippen LogP contribution in [0.4, 0.5) is 5.82 Å². The summed E-state index contributed by atoms with van der Waals surface area (Å²) in [5, 5.41) is 14.0. The second kappa shape index (κ2) is 8.57. The minimum Gasteiger partial charge on any atom is -0.355 e. The SMILES string of the molecule is c1cnc2ccc(Cn3nnc4ncc(N5CCC(CCn6cccn6)CC5)nc43)cc2c1. The molecule has 6 rings (SSSR count). The van der Waals surface area contributed by atoms with Crippen LogP contribution in [-0.4, -0.2) is 52.8 Å². The molecule has 0 unspecified atom stereocenters. The third-order valence-electron chi connectivity index (χ3n) is 6.48. The van der Waals surface area contributed by atoms with Gasteiger partial charge in [0.25, 0.3) is 0 Å². The first kappa shape index (κ1) is 19.8. The molecular formula is C24H25N9. The number of hydrogen-bond acceptors (Lipinski definition) is 7. The van der Waals surface area contributed by atoms with Gasteiger partial charge < -0.3 is 4.90 Å². The van der Waals surface area contributed by atoms with E-state index in [0.717, 1.165) is 72.7 Å². The maximum absolute atomic E-state index is 4.90. The number of aromatic nitrogens is 8. The average Bonchev–Trinajstić information content (AvgIpc) is 3.53. The van der Waals surface area contributed by atoms with Gasteiger partial charge in [-0.05, 0) is 55.0 Å². The normalized spacial score (nSPS) is 15.0. The predicted molar refractivity (Wildman–Crippen MR) is 126 cm³/mol. The van der Waals surface area contributed by atoms with Crippen molar-refractivity contribution >= 4 is 28.0 Å². The lowest BCUT2D eigenvalue weighted by Crippen LogP contribution is -2.34. The molecule has 0 aliphatic carbocycles. The van der Waals surface area contributed by atoms with Crippen molar-refractivity contribution in [2.24, 2.45) is 5.92 Å². The van der Waals surface area contributed by atoms with E-state index in [0.29, 0.717) is 12.2 Å². The molecule has 1 aromatic carbocycles. The second-order valence-electron chi connectivity index (χ2n) is 8.64. The van der Waals surface area contributed by atoms with Crippen LogP contribution in [0.2, 0.25) is 0 Å². The molecule has 1 saturated heterocycles. The predicted octanol–water partition coefficient (Wildman–Crippen LogP) is 3.32. The summed E-state index contributed by atoms with van der Waals surface area (Å²) in [5.74, 6) is 1.62. The van der Waals surface area contributed by atoms with Crippen molar-refractivity contribution in [2.45, 2.75) is 32.4 Å². The van der Waals surface area contributed by atoms with Crippen molar-refractivity contribution in [3.8, 4) is 0 Å². The van der Waals surface area contributed by atoms with Crippen molar-refractivity contribution < 1.29 is 0 Å². The Hall–Kier alpha value is -3.88. The van der Waals surface area contributed by atoms with Crippen molar-refractivity contribution in [3.05, 3.63) is 66.7 Å². The van der Waals surface area contributed by atoms with E-state index in [1.165, 1.54) is 0 Å². The van der Waals surface area contributed by atoms with Gasteiger partial charge in [-0.1, -0.05) is 17.3 Å². The van der Waals surface area contributed by atoms with Gasteiger partial charge in [0.2, 0.25) is 5.65 Å². The molecule has 0 bridgehead atoms. The fraction of sp³-hybridized carbons (Fsp3) is 0.333. The fourth-order valence-corrected chi connectivity index (χ4v) is 4.60. The van der Waals surface area contributed by atoms with Gasteiger partial charge in [0.15, 0.2) is 5.65 Å². The van der Waals surface area contributed by atoms with Gasteiger partial charge in [0.05, 0.1) is 18.3 Å². The van der Waals surface area contributed by atoms with Crippen LogP contribution in [0.15, 0.2) is 61.2 Å². The Kier molecular flexibility index (Phi) is 5.14. The molecule has 4 aromatic heterocycles. The van der Waals surface area contributed by atoms with E-state index in [4.69, 9.17) is 4.98 Å². The van der Waals surface area contributed by atoms with Gasteiger partial charge >= 0.3 is 0 Å². The summed E-state index contributed by atoms with van der Waals surface area (Å²) in [5.41, 5.74) is 3.42. The van der Waals surface area contributed by atoms with Gasteiger partial charge in [-0.15, -0.1) is 5.10 Å². The highest BCUT2D eigenvalue weighted by Gasteiger charge is 2.21. The Morgan fingerprint density at radius 3 is 2.82 bits per heavy atom. The lowest BCUT2D eigenvalue weighted by atomic mass is 9.93. The smallest absolute Gasteiger partial charge is 0.221 e. The largest absolute Gasteiger partial charge is 0.355 e. The standard InChI is InChI=1S/C24H25N9/c1-3-20-15-19(4-5-21(20)25-9-1)17-33-24-23(29-30-33)26-16-22(28-24)31-12-6-18(7-13-31)8-14-32-11-2-10-27-32/h1-5,9-11,15-16,18H,6-8,12-14,17H2. The van der Waals surface area contributed by atoms with Crippen LogP contribution in [0.5, 0.6) is 0 Å². The third-order valence-corrected chi connectivity index (χ3v) is 6.48. The number of hydrogen-bond donors (Lipinski definition) is 0. The van der Waals surface area contributed by atoms with Gasteiger partial charge in [-0.25, -0.2) is 14.6 Å². The molecular weight excluding hydrogens is 414 g/mol. The third kappa shape index (κ3) is 4.13. The zero-order valence-corrected chi connectivity index (χ0v) is 18.3. The molecule has 1 aliphatic heterocycles. The Morgan fingerprint density at radius 1 is 1.00 bits per heavy atom. The highest BCUT2D eigenvalue weighted by atomic mass is 15.5. The van der Waals surface area contributed by atoms with Crippen LogP contribution in [0.3, 0.4) is 0 Å². The number of pyridine rings is 1. The second-order valence-corrected chi connectivity index (χ2v) is 8.64. The zero-order chi connectivity index (χ0) is 22.0. The van der Waals surface area contributed by atoms with Gasteiger partial charge in [0, 0.05) is 43.6 Å². The summed E-state index contributed by atoms with van der Waals surface area (Å²) >= 11 is 0. The molecule has 9 nitrogen and oxygen atoms in total. The molecule has 9 heteroatoms. The summed E-state index contributed by atoms with van der Waals surface area (Å²) < 4.78 is 3.85. The van der Waals surface area contributed by atoms with Crippen LogP contribution in [0, 0.1) is 5.92 Å². The topological polar surface area (TPSA) is 90.4 Å². The van der Waals surface area contributed by atoms with E-state index in [9.17, 15) is 0 Å². The van der Waals surface area contributed by atoms with Gasteiger partial charge in [0.1, 0.15) is 5.82 Å². The van der Waals surface area contributed by atoms with E-state index in [-0.39, 0.29) is 0 Å². The fourth-order valence-electron chi connectivity index (χ4n) is 4.60. The molecule has 5 aromatic rings. The van der Waals surface area contributed by atoms with E-state index >= 15 is 0 Å². The van der Waals surface area contributed by atoms with Gasteiger partial charge in [-0.3, -0.25) is 9.67 Å². The molecule has 0 spiro atoms. The van der Waals surface area contributed by atoms with Crippen molar-refractivity contribution in [1.82, 2.24) is 39.7 Å². The molecule has 0 atom stereocenters. The lowest BCUT2D eigenvalue weighted by molar-refractivity contribution is 0.353. The van der Waals surface area contributed by atoms with E-state index in [1.807, 2.05) is 52.4 Å². The Morgan fingerprint density at radius 2 is 1.94 bits per heavy atom. The Balaban J connectivity index is 1.16. The summed E-state index contributed by atoms with van der Waals surface area (Å²) in [4.78, 5) is 16.2. The quantitative estimate of drug-likeness (QED) is 0.401. The van der Waals surface area contributed by atoms with Crippen LogP contribution in [0.1, 0.15) is 24.8 Å². The molecule has 1 fully saturated rings. The number of nitrogens with zero attached hydrogens (tertiary/aromatic N) is 9. The van der Waals surface area contributed by atoms with Crippen molar-refractivity contribution in [3.63, 3.8) is 0 Å². The number of rotatable bonds is 6. The maximum Gasteiger partial charge on any atom is 0.221 e. The molecule has 5 heterocycles. The first-order valence-electron chi connectivity index (χ1n) is 11.4. The van der Waals surface area contributed by atoms with Gasteiger partial charge in [-0.2, -0.15) is 5.10 Å². The van der Waals surface area contributed by atoms with Crippen LogP contribution >= 0.6 is 0 Å². The lowest BCUT2D eigenvalue weighted by Gasteiger charge is -2.32. The summed E-state index contributed by atoms with van der Waals surface area (Å²) in [7, 11) is 0. The maximum atomic E-state index is 4.90. The number of benzene rings is 1. The summed E-state index contributed by atoms with van der Waals surface area (Å²) in [6, 6.07) is 12.3. The number of anilines is 1. The van der Waals surface area contributed by atoms with E-state index in [2.05, 4.69) is 48.5 Å². The van der Waals surface area contributed by atoms with Crippen LogP contribution in [-0.2, 0) is 13.1 Å². The molecule has 1 aliphatic rings. The summed E-state index contributed by atoms with van der Waals surface area (Å²) in [6.45, 7) is 3.56. The minimum atomic E-state index is 0.579. The molecule has 0 amide bonds. The first-order valence-corrected chi connectivity index (χ1v) is 11.4. The van der Waals surface area contributed by atoms with Crippen LogP contribution in [0.25, 0.3) is 22.2 Å². The first-order chi connectivity index (χ1) is 16.3. The van der Waals surface area contributed by atoms with E-state index < -0.39 is 0 Å². The summed E-state index contributed by atoms with van der Waals surface area (Å²) in [6.07, 6.45) is 11.0. The number of piperidine rings is 1. The molecule has 33 heavy (non-hydrogen) atoms. The van der Waals surface area contributed by atoms with E-state index in [1.54, 1.807) is 0 Å². The van der Waals surface area contributed by atoms with Crippen molar-refractivity contribution in [1.29, 1.82) is 0 Å². The average molecular weight is 440 g/mol. The molecule has 0 saturated carbocycles. The highest BCUT2D eigenvalue weighted by molar-refractivity contribution is 5.79. The number of aryl methyl sites for hydroxylation is 1. The van der Waals surface area contributed by atoms with Crippen LogP contribution < -0.4 is 4.90 Å². The Labute approximate surface area is 191 Å². The molecule has 0 radical (unpaired) electrons. The number of fused-ring (bicyclic) bond motifs is 2. The molecule has 166 valence electrons. The molecule has 0 N–H and O–H groups in total.